The molecule has 0 spiro atoms. The van der Waals surface area contributed by atoms with Gasteiger partial charge in [0.2, 0.25) is 5.91 Å². The number of fused-ring (bicyclic) bond motifs is 3. The van der Waals surface area contributed by atoms with Gasteiger partial charge in [0.05, 0.1) is 17.2 Å². The molecule has 1 amide bonds. The van der Waals surface area contributed by atoms with E-state index in [9.17, 15) is 24.9 Å². The molecule has 1 aromatic rings. The minimum absolute atomic E-state index is 0.0286. The zero-order valence-electron chi connectivity index (χ0n) is 24.9. The van der Waals surface area contributed by atoms with Crippen LogP contribution >= 0.6 is 0 Å². The maximum absolute atomic E-state index is 14.2. The first-order valence-corrected chi connectivity index (χ1v) is 13.9. The van der Waals surface area contributed by atoms with Gasteiger partial charge in [-0.05, 0) is 70.4 Å². The summed E-state index contributed by atoms with van der Waals surface area (Å²) in [6.07, 6.45) is 0.687. The van der Waals surface area contributed by atoms with Crippen molar-refractivity contribution in [1.29, 1.82) is 0 Å². The molecule has 5 N–H and O–H groups in total. The number of nitrogens with zero attached hydrogens (tertiary/aromatic N) is 3. The summed E-state index contributed by atoms with van der Waals surface area (Å²) in [6, 6.07) is 1.31. The molecule has 40 heavy (non-hydrogen) atoms. The molecule has 0 saturated heterocycles. The van der Waals surface area contributed by atoms with Crippen LogP contribution in [0.25, 0.3) is 0 Å². The summed E-state index contributed by atoms with van der Waals surface area (Å²) in [5.74, 6) is -2.58. The normalized spacial score (nSPS) is 26.4. The van der Waals surface area contributed by atoms with Gasteiger partial charge < -0.3 is 30.7 Å². The highest BCUT2D eigenvalue weighted by Crippen LogP contribution is 2.55. The number of primary amides is 1. The van der Waals surface area contributed by atoms with E-state index in [-0.39, 0.29) is 46.3 Å². The fraction of sp³-hybridized carbons (Fsp3) is 0.600. The van der Waals surface area contributed by atoms with Crippen molar-refractivity contribution >= 4 is 17.4 Å². The Morgan fingerprint density at radius 2 is 1.85 bits per heavy atom. The van der Waals surface area contributed by atoms with E-state index in [0.29, 0.717) is 25.4 Å². The molecule has 4 atom stereocenters. The predicted octanol–water partition coefficient (Wildman–Crippen LogP) is 2.89. The zero-order chi connectivity index (χ0) is 29.8. The molecule has 10 heteroatoms. The molecule has 0 fully saturated rings. The van der Waals surface area contributed by atoms with Crippen LogP contribution in [-0.4, -0.2) is 96.3 Å². The van der Waals surface area contributed by atoms with Crippen LogP contribution in [-0.2, 0) is 22.5 Å². The number of carbonyl (C=O) groups is 2. The third-order valence-electron chi connectivity index (χ3n) is 9.17. The Hall–Kier alpha value is -3.08. The van der Waals surface area contributed by atoms with Gasteiger partial charge in [-0.15, -0.1) is 0 Å². The number of nitrogens with two attached hydrogens (primary N) is 1. The summed E-state index contributed by atoms with van der Waals surface area (Å²) < 4.78 is 5.96. The molecule has 0 radical (unpaired) electrons. The lowest BCUT2D eigenvalue weighted by Crippen LogP contribution is -2.60. The van der Waals surface area contributed by atoms with Crippen LogP contribution in [0.5, 0.6) is 5.75 Å². The van der Waals surface area contributed by atoms with Gasteiger partial charge in [0, 0.05) is 57.4 Å². The number of carbonyl (C=O) groups excluding carboxylic acids is 2. The number of aliphatic hydroxyl groups is 2. The average Bonchev–Trinajstić information content (AvgIpc) is 2.86. The molecule has 3 aliphatic carbocycles. The summed E-state index contributed by atoms with van der Waals surface area (Å²) in [6.45, 7) is 7.80. The van der Waals surface area contributed by atoms with Gasteiger partial charge in [0.15, 0.2) is 5.78 Å². The number of benzene rings is 1. The molecule has 0 heterocycles. The molecule has 0 saturated carbocycles. The minimum Gasteiger partial charge on any atom is -0.510 e. The Morgan fingerprint density at radius 3 is 2.35 bits per heavy atom. The van der Waals surface area contributed by atoms with Crippen molar-refractivity contribution in [3.63, 3.8) is 0 Å². The van der Waals surface area contributed by atoms with Crippen molar-refractivity contribution < 1.29 is 29.6 Å². The first-order chi connectivity index (χ1) is 18.7. The number of methoxy groups -OCH3 is 1. The van der Waals surface area contributed by atoms with Gasteiger partial charge in [-0.1, -0.05) is 6.92 Å². The highest BCUT2D eigenvalue weighted by Gasteiger charge is 2.59. The first-order valence-electron chi connectivity index (χ1n) is 13.9. The second kappa shape index (κ2) is 10.7. The van der Waals surface area contributed by atoms with Crippen LogP contribution in [0.4, 0.5) is 5.69 Å². The van der Waals surface area contributed by atoms with Crippen molar-refractivity contribution in [3.05, 3.63) is 45.4 Å². The van der Waals surface area contributed by atoms with E-state index >= 15 is 0 Å². The standard InChI is InChI=1S/C30H44N4O6/c1-9-34(15(2)3)14-17-12-21(35)23-18(24(17)32(4)5)10-16-11-20-25(33(6)7)26(36)19(29(31)39)13-30(20,40-8)28(38)22(16)27(23)37/h12,15-16,20,25,35-36,38H,9-11,13-14H2,1-8H3,(H2,31,39)/t16-,20-,25-,30-/m0/s1. The van der Waals surface area contributed by atoms with Crippen molar-refractivity contribution in [2.45, 2.75) is 64.3 Å². The Kier molecular flexibility index (Phi) is 8.01. The number of phenols is 1. The van der Waals surface area contributed by atoms with E-state index in [4.69, 9.17) is 10.5 Å². The number of phenolic OH excluding ortho intramolecular Hbond substituents is 1. The molecule has 1 aromatic carbocycles. The van der Waals surface area contributed by atoms with Gasteiger partial charge in [0.1, 0.15) is 22.9 Å². The maximum Gasteiger partial charge on any atom is 0.248 e. The fourth-order valence-corrected chi connectivity index (χ4v) is 7.31. The Labute approximate surface area is 236 Å². The highest BCUT2D eigenvalue weighted by atomic mass is 16.5. The lowest BCUT2D eigenvalue weighted by molar-refractivity contribution is -0.121. The molecule has 0 aliphatic heterocycles. The SMILES string of the molecule is CCN(Cc1cc(O)c2c(c1N(C)C)C[C@H]1C[C@H]3[C@H](N(C)C)C(O)=C(C(N)=O)C[C@@]3(OC)C(O)=C1C2=O)C(C)C. The van der Waals surface area contributed by atoms with Gasteiger partial charge in [-0.3, -0.25) is 19.4 Å². The van der Waals surface area contributed by atoms with Crippen LogP contribution in [0.15, 0.2) is 28.7 Å². The molecule has 3 aliphatic rings. The number of rotatable bonds is 8. The van der Waals surface area contributed by atoms with E-state index < -0.39 is 29.3 Å². The molecule has 0 unspecified atom stereocenters. The summed E-state index contributed by atoms with van der Waals surface area (Å²) in [4.78, 5) is 32.5. The molecule has 10 nitrogen and oxygen atoms in total. The number of ketones is 1. The maximum atomic E-state index is 14.2. The second-order valence-corrected chi connectivity index (χ2v) is 12.0. The van der Waals surface area contributed by atoms with E-state index in [1.54, 1.807) is 25.1 Å². The van der Waals surface area contributed by atoms with Gasteiger partial charge in [-0.2, -0.15) is 0 Å². The van der Waals surface area contributed by atoms with Crippen molar-refractivity contribution in [3.8, 4) is 5.75 Å². The number of ether oxygens (including phenoxy) is 1. The number of aliphatic hydroxyl groups excluding tert-OH is 2. The van der Waals surface area contributed by atoms with Crippen molar-refractivity contribution in [2.24, 2.45) is 17.6 Å². The summed E-state index contributed by atoms with van der Waals surface area (Å²) >= 11 is 0. The topological polar surface area (TPSA) is 140 Å². The minimum atomic E-state index is -1.43. The first kappa shape index (κ1) is 29.9. The summed E-state index contributed by atoms with van der Waals surface area (Å²) in [7, 11) is 8.87. The molecule has 0 bridgehead atoms. The van der Waals surface area contributed by atoms with Crippen molar-refractivity contribution in [2.75, 3.05) is 46.7 Å². The number of hydrogen-bond donors (Lipinski definition) is 4. The van der Waals surface area contributed by atoms with E-state index in [1.165, 1.54) is 7.11 Å². The molecule has 220 valence electrons. The lowest BCUT2D eigenvalue weighted by atomic mass is 9.58. The predicted molar refractivity (Wildman–Crippen MR) is 154 cm³/mol. The zero-order valence-corrected chi connectivity index (χ0v) is 24.9. The number of anilines is 1. The average molecular weight is 557 g/mol. The second-order valence-electron chi connectivity index (χ2n) is 12.0. The summed E-state index contributed by atoms with van der Waals surface area (Å²) in [5, 5.41) is 34.2. The van der Waals surface area contributed by atoms with Crippen LogP contribution in [0.2, 0.25) is 0 Å². The van der Waals surface area contributed by atoms with E-state index in [0.717, 1.165) is 23.4 Å². The number of amides is 1. The number of hydrogen-bond acceptors (Lipinski definition) is 9. The van der Waals surface area contributed by atoms with E-state index in [2.05, 4.69) is 25.7 Å². The number of aromatic hydroxyl groups is 1. The molecule has 4 rings (SSSR count). The summed E-state index contributed by atoms with van der Waals surface area (Å²) in [5.41, 5.74) is 7.14. The van der Waals surface area contributed by atoms with Crippen LogP contribution < -0.4 is 10.6 Å². The highest BCUT2D eigenvalue weighted by molar-refractivity contribution is 6.14. The quantitative estimate of drug-likeness (QED) is 0.380. The van der Waals surface area contributed by atoms with Gasteiger partial charge >= 0.3 is 0 Å². The number of allylic oxidation sites excluding steroid dienone is 1. The van der Waals surface area contributed by atoms with Crippen LogP contribution in [0, 0.1) is 11.8 Å². The number of Topliss-reactive ketones (excluding diaryl/α,β-unsaturated/α-hetero) is 1. The Bertz CT molecular complexity index is 1280. The Balaban J connectivity index is 1.93. The van der Waals surface area contributed by atoms with Crippen LogP contribution in [0.1, 0.15) is 55.1 Å². The number of likely N-dealkylation sites (N-methyl/N-ethyl adjacent to an activating group) is 1. The van der Waals surface area contributed by atoms with Crippen LogP contribution in [0.3, 0.4) is 0 Å². The third kappa shape index (κ3) is 4.46. The van der Waals surface area contributed by atoms with Crippen molar-refractivity contribution in [1.82, 2.24) is 9.80 Å². The third-order valence-corrected chi connectivity index (χ3v) is 9.17. The Morgan fingerprint density at radius 1 is 1.20 bits per heavy atom. The smallest absolute Gasteiger partial charge is 0.248 e. The lowest BCUT2D eigenvalue weighted by Gasteiger charge is -2.53. The van der Waals surface area contributed by atoms with Gasteiger partial charge in [0.25, 0.3) is 0 Å². The molecule has 0 aromatic heterocycles. The van der Waals surface area contributed by atoms with E-state index in [1.807, 2.05) is 19.0 Å². The monoisotopic (exact) mass is 556 g/mol. The molecular formula is C30H44N4O6. The molecular weight excluding hydrogens is 512 g/mol. The fourth-order valence-electron chi connectivity index (χ4n) is 7.31. The largest absolute Gasteiger partial charge is 0.510 e. The van der Waals surface area contributed by atoms with Gasteiger partial charge in [-0.25, -0.2) is 0 Å².